The number of benzene rings is 2. The average molecular weight is 253 g/mol. The summed E-state index contributed by atoms with van der Waals surface area (Å²) >= 11 is 0. The first-order valence-electron chi connectivity index (χ1n) is 6.75. The van der Waals surface area contributed by atoms with Gasteiger partial charge in [0.1, 0.15) is 12.4 Å². The summed E-state index contributed by atoms with van der Waals surface area (Å²) in [6, 6.07) is 13.2. The molecule has 0 radical (unpaired) electrons. The molecule has 1 N–H and O–H groups in total. The van der Waals surface area contributed by atoms with Crippen LogP contribution in [0.5, 0.6) is 5.75 Å². The summed E-state index contributed by atoms with van der Waals surface area (Å²) in [5.41, 5.74) is 6.30. The second-order valence-electron chi connectivity index (χ2n) is 5.31. The predicted octanol–water partition coefficient (Wildman–Crippen LogP) is 4.16. The monoisotopic (exact) mass is 253 g/mol. The molecule has 19 heavy (non-hydrogen) atoms. The third kappa shape index (κ3) is 2.19. The molecule has 3 rings (SSSR count). The van der Waals surface area contributed by atoms with Gasteiger partial charge in [-0.25, -0.2) is 0 Å². The van der Waals surface area contributed by atoms with Gasteiger partial charge < -0.3 is 10.1 Å². The van der Waals surface area contributed by atoms with Crippen LogP contribution in [0.3, 0.4) is 0 Å². The third-order valence-corrected chi connectivity index (χ3v) is 3.79. The zero-order valence-corrected chi connectivity index (χ0v) is 11.7. The molecule has 0 aromatic heterocycles. The summed E-state index contributed by atoms with van der Waals surface area (Å²) in [5, 5.41) is 3.48. The minimum Gasteiger partial charge on any atom is -0.489 e. The lowest BCUT2D eigenvalue weighted by Crippen LogP contribution is -2.28. The van der Waals surface area contributed by atoms with Gasteiger partial charge >= 0.3 is 0 Å². The Kier molecular flexibility index (Phi) is 2.94. The van der Waals surface area contributed by atoms with Crippen LogP contribution in [0.15, 0.2) is 36.4 Å². The Balaban J connectivity index is 2.07. The second-order valence-corrected chi connectivity index (χ2v) is 5.31. The van der Waals surface area contributed by atoms with Gasteiger partial charge in [0.2, 0.25) is 0 Å². The van der Waals surface area contributed by atoms with Crippen molar-refractivity contribution in [2.24, 2.45) is 0 Å². The minimum atomic E-state index is 0.362. The van der Waals surface area contributed by atoms with Gasteiger partial charge in [-0.15, -0.1) is 0 Å². The van der Waals surface area contributed by atoms with Gasteiger partial charge in [0, 0.05) is 0 Å². The van der Waals surface area contributed by atoms with Gasteiger partial charge in [-0.3, -0.25) is 0 Å². The van der Waals surface area contributed by atoms with Gasteiger partial charge in [0.05, 0.1) is 11.7 Å². The van der Waals surface area contributed by atoms with Crippen LogP contribution in [0.1, 0.15) is 18.1 Å². The summed E-state index contributed by atoms with van der Waals surface area (Å²) < 4.78 is 5.72. The van der Waals surface area contributed by atoms with Crippen LogP contribution >= 0.6 is 0 Å². The van der Waals surface area contributed by atoms with Gasteiger partial charge in [-0.05, 0) is 55.2 Å². The molecule has 0 spiro atoms. The number of anilines is 1. The highest BCUT2D eigenvalue weighted by Crippen LogP contribution is 2.35. The van der Waals surface area contributed by atoms with E-state index in [2.05, 4.69) is 62.5 Å². The molecule has 0 saturated carbocycles. The second kappa shape index (κ2) is 4.61. The molecule has 1 aliphatic heterocycles. The Morgan fingerprint density at radius 2 is 2.00 bits per heavy atom. The molecule has 2 heteroatoms. The molecule has 1 aliphatic rings. The lowest BCUT2D eigenvalue weighted by Gasteiger charge is -2.25. The Bertz CT molecular complexity index is 619. The van der Waals surface area contributed by atoms with E-state index in [1.54, 1.807) is 0 Å². The number of rotatable bonds is 1. The maximum atomic E-state index is 5.72. The first-order valence-corrected chi connectivity index (χ1v) is 6.75. The average Bonchev–Trinajstić information content (AvgIpc) is 2.41. The fraction of sp³-hybridized carbons (Fsp3) is 0.294. The quantitative estimate of drug-likeness (QED) is 0.823. The van der Waals surface area contributed by atoms with Crippen LogP contribution in [0.25, 0.3) is 11.1 Å². The highest BCUT2D eigenvalue weighted by atomic mass is 16.5. The Morgan fingerprint density at radius 1 is 1.16 bits per heavy atom. The van der Waals surface area contributed by atoms with E-state index in [4.69, 9.17) is 4.74 Å². The molecule has 2 aromatic carbocycles. The van der Waals surface area contributed by atoms with Crippen LogP contribution in [-0.2, 0) is 0 Å². The molecule has 1 unspecified atom stereocenters. The van der Waals surface area contributed by atoms with Crippen LogP contribution < -0.4 is 10.1 Å². The zero-order chi connectivity index (χ0) is 13.4. The molecule has 98 valence electrons. The van der Waals surface area contributed by atoms with Crippen molar-refractivity contribution in [2.45, 2.75) is 26.8 Å². The summed E-state index contributed by atoms with van der Waals surface area (Å²) in [5.74, 6) is 0.951. The van der Waals surface area contributed by atoms with Gasteiger partial charge in [-0.1, -0.05) is 24.3 Å². The summed E-state index contributed by atoms with van der Waals surface area (Å²) in [4.78, 5) is 0. The van der Waals surface area contributed by atoms with Crippen molar-refractivity contribution in [1.29, 1.82) is 0 Å². The molecule has 2 aromatic rings. The lowest BCUT2D eigenvalue weighted by atomic mass is 9.96. The maximum Gasteiger partial charge on any atom is 0.142 e. The van der Waals surface area contributed by atoms with Crippen LogP contribution in [-0.4, -0.2) is 12.6 Å². The van der Waals surface area contributed by atoms with E-state index in [1.165, 1.54) is 22.3 Å². The fourth-order valence-corrected chi connectivity index (χ4v) is 2.52. The van der Waals surface area contributed by atoms with E-state index in [0.29, 0.717) is 6.04 Å². The topological polar surface area (TPSA) is 21.3 Å². The van der Waals surface area contributed by atoms with E-state index < -0.39 is 0 Å². The normalized spacial score (nSPS) is 17.3. The Labute approximate surface area is 114 Å². The number of hydrogen-bond donors (Lipinski definition) is 1. The fourth-order valence-electron chi connectivity index (χ4n) is 2.52. The maximum absolute atomic E-state index is 5.72. The number of fused-ring (bicyclic) bond motifs is 1. The molecule has 0 bridgehead atoms. The molecule has 0 amide bonds. The number of aryl methyl sites for hydroxylation is 1. The van der Waals surface area contributed by atoms with Crippen LogP contribution in [0.4, 0.5) is 5.69 Å². The van der Waals surface area contributed by atoms with E-state index in [0.717, 1.165) is 18.0 Å². The van der Waals surface area contributed by atoms with Crippen molar-refractivity contribution in [3.63, 3.8) is 0 Å². The SMILES string of the molecule is Cc1cccc(-c2ccc3c(c2)NC(C)CO3)c1C. The van der Waals surface area contributed by atoms with Crippen molar-refractivity contribution in [2.75, 3.05) is 11.9 Å². The van der Waals surface area contributed by atoms with Crippen LogP contribution in [0, 0.1) is 13.8 Å². The number of ether oxygens (including phenoxy) is 1. The number of nitrogens with one attached hydrogen (secondary N) is 1. The predicted molar refractivity (Wildman–Crippen MR) is 79.9 cm³/mol. The lowest BCUT2D eigenvalue weighted by molar-refractivity contribution is 0.292. The zero-order valence-electron chi connectivity index (χ0n) is 11.7. The molecule has 1 atom stereocenters. The molecule has 0 aliphatic carbocycles. The highest BCUT2D eigenvalue weighted by Gasteiger charge is 2.16. The van der Waals surface area contributed by atoms with Crippen molar-refractivity contribution in [3.8, 4) is 16.9 Å². The van der Waals surface area contributed by atoms with Crippen molar-refractivity contribution < 1.29 is 4.74 Å². The largest absolute Gasteiger partial charge is 0.489 e. The summed E-state index contributed by atoms with van der Waals surface area (Å²) in [6.45, 7) is 7.20. The summed E-state index contributed by atoms with van der Waals surface area (Å²) in [7, 11) is 0. The molecule has 1 heterocycles. The van der Waals surface area contributed by atoms with E-state index in [1.807, 2.05) is 0 Å². The van der Waals surface area contributed by atoms with E-state index in [-0.39, 0.29) is 0 Å². The Morgan fingerprint density at radius 3 is 2.84 bits per heavy atom. The van der Waals surface area contributed by atoms with Gasteiger partial charge in [0.25, 0.3) is 0 Å². The van der Waals surface area contributed by atoms with Gasteiger partial charge in [-0.2, -0.15) is 0 Å². The van der Waals surface area contributed by atoms with Crippen LogP contribution in [0.2, 0.25) is 0 Å². The summed E-state index contributed by atoms with van der Waals surface area (Å²) in [6.07, 6.45) is 0. The minimum absolute atomic E-state index is 0.362. The highest BCUT2D eigenvalue weighted by molar-refractivity contribution is 5.75. The smallest absolute Gasteiger partial charge is 0.142 e. The first kappa shape index (κ1) is 12.1. The molecule has 2 nitrogen and oxygen atoms in total. The Hall–Kier alpha value is -1.96. The third-order valence-electron chi connectivity index (χ3n) is 3.79. The molecule has 0 fully saturated rings. The molecular formula is C17H19NO. The van der Waals surface area contributed by atoms with Gasteiger partial charge in [0.15, 0.2) is 0 Å². The standard InChI is InChI=1S/C17H19NO/c1-11-5-4-6-15(13(11)3)14-7-8-17-16(9-14)18-12(2)10-19-17/h4-9,12,18H,10H2,1-3H3. The van der Waals surface area contributed by atoms with Crippen molar-refractivity contribution >= 4 is 5.69 Å². The van der Waals surface area contributed by atoms with Crippen molar-refractivity contribution in [1.82, 2.24) is 0 Å². The van der Waals surface area contributed by atoms with E-state index >= 15 is 0 Å². The first-order chi connectivity index (χ1) is 9.15. The van der Waals surface area contributed by atoms with Crippen molar-refractivity contribution in [3.05, 3.63) is 47.5 Å². The van der Waals surface area contributed by atoms with E-state index in [9.17, 15) is 0 Å². The molecule has 0 saturated heterocycles. The molecular weight excluding hydrogens is 234 g/mol. The number of hydrogen-bond acceptors (Lipinski definition) is 2.